The van der Waals surface area contributed by atoms with Gasteiger partial charge in [0.05, 0.1) is 11.3 Å². The zero-order valence-corrected chi connectivity index (χ0v) is 15.1. The van der Waals surface area contributed by atoms with Crippen molar-refractivity contribution in [1.29, 1.82) is 0 Å². The van der Waals surface area contributed by atoms with Gasteiger partial charge in [-0.2, -0.15) is 0 Å². The van der Waals surface area contributed by atoms with Crippen molar-refractivity contribution in [1.82, 2.24) is 4.90 Å². The summed E-state index contributed by atoms with van der Waals surface area (Å²) in [5, 5.41) is 10.9. The Morgan fingerprint density at radius 1 is 1.13 bits per heavy atom. The average molecular weight is 322 g/mol. The topological polar surface area (TPSA) is 63.5 Å². The average Bonchev–Trinajstić information content (AvgIpc) is 2.49. The van der Waals surface area contributed by atoms with Gasteiger partial charge in [-0.15, -0.1) is 0 Å². The number of amides is 1. The maximum absolute atomic E-state index is 12.3. The summed E-state index contributed by atoms with van der Waals surface area (Å²) in [6, 6.07) is 4.90. The van der Waals surface area contributed by atoms with Gasteiger partial charge in [0.15, 0.2) is 0 Å². The summed E-state index contributed by atoms with van der Waals surface area (Å²) in [6.45, 7) is 11.5. The minimum atomic E-state index is -0.404. The first-order valence-corrected chi connectivity index (χ1v) is 8.43. The van der Waals surface area contributed by atoms with E-state index in [0.29, 0.717) is 5.56 Å². The van der Waals surface area contributed by atoms with E-state index in [-0.39, 0.29) is 18.0 Å². The van der Waals surface area contributed by atoms with Crippen LogP contribution >= 0.6 is 0 Å². The molecule has 0 atom stereocenters. The third kappa shape index (κ3) is 7.26. The number of carbonyl (C=O) groups is 1. The summed E-state index contributed by atoms with van der Waals surface area (Å²) in [4.78, 5) is 24.6. The number of hydrogen-bond donors (Lipinski definition) is 0. The lowest BCUT2D eigenvalue weighted by atomic mass is 10.0. The Labute approximate surface area is 139 Å². The van der Waals surface area contributed by atoms with Gasteiger partial charge in [-0.25, -0.2) is 0 Å². The number of carbonyl (C=O) groups excluding carboxylic acids is 1. The molecule has 5 nitrogen and oxygen atoms in total. The fourth-order valence-corrected chi connectivity index (χ4v) is 2.23. The Hall–Kier alpha value is -1.91. The standard InChI is InChI=1S/C15H22N2O3.C3H8/c1-4-9-16(10-5-2)15(18)11-13-7-6-8-14(12(13)3)17(19)20;1-3-2/h6-8H,4-5,9-11H2,1-3H3;3H2,1-2H3. The van der Waals surface area contributed by atoms with Crippen molar-refractivity contribution < 1.29 is 9.72 Å². The van der Waals surface area contributed by atoms with E-state index in [4.69, 9.17) is 0 Å². The molecule has 5 heteroatoms. The molecule has 0 saturated carbocycles. The summed E-state index contributed by atoms with van der Waals surface area (Å²) >= 11 is 0. The number of nitro groups is 1. The van der Waals surface area contributed by atoms with Crippen molar-refractivity contribution in [2.75, 3.05) is 13.1 Å². The van der Waals surface area contributed by atoms with Gasteiger partial charge in [-0.05, 0) is 25.3 Å². The highest BCUT2D eigenvalue weighted by molar-refractivity contribution is 5.79. The molecule has 0 radical (unpaired) electrons. The van der Waals surface area contributed by atoms with Crippen LogP contribution in [0.15, 0.2) is 18.2 Å². The Bertz CT molecular complexity index is 495. The fraction of sp³-hybridized carbons (Fsp3) is 0.611. The summed E-state index contributed by atoms with van der Waals surface area (Å²) in [5.41, 5.74) is 1.40. The van der Waals surface area contributed by atoms with Crippen molar-refractivity contribution in [3.8, 4) is 0 Å². The van der Waals surface area contributed by atoms with Crippen LogP contribution in [0.1, 0.15) is 58.1 Å². The molecule has 0 aromatic heterocycles. The molecule has 0 unspecified atom stereocenters. The molecule has 0 spiro atoms. The quantitative estimate of drug-likeness (QED) is 0.548. The second-order valence-corrected chi connectivity index (χ2v) is 5.58. The second kappa shape index (κ2) is 11.6. The minimum absolute atomic E-state index is 0.0392. The molecule has 1 rings (SSSR count). The van der Waals surface area contributed by atoms with Crippen LogP contribution in [-0.2, 0) is 11.2 Å². The molecule has 1 amide bonds. The number of rotatable bonds is 7. The minimum Gasteiger partial charge on any atom is -0.342 e. The maximum Gasteiger partial charge on any atom is 0.272 e. The molecular formula is C18H30N2O3. The lowest BCUT2D eigenvalue weighted by Crippen LogP contribution is -2.33. The normalized spacial score (nSPS) is 9.78. The van der Waals surface area contributed by atoms with Gasteiger partial charge in [-0.3, -0.25) is 14.9 Å². The monoisotopic (exact) mass is 322 g/mol. The van der Waals surface area contributed by atoms with E-state index in [1.807, 2.05) is 18.7 Å². The van der Waals surface area contributed by atoms with Crippen molar-refractivity contribution in [2.45, 2.75) is 60.3 Å². The highest BCUT2D eigenvalue weighted by atomic mass is 16.6. The molecule has 1 aromatic carbocycles. The number of benzene rings is 1. The Morgan fingerprint density at radius 2 is 1.65 bits per heavy atom. The molecule has 0 fully saturated rings. The van der Waals surface area contributed by atoms with Crippen LogP contribution < -0.4 is 0 Å². The van der Waals surface area contributed by atoms with Crippen LogP contribution in [-0.4, -0.2) is 28.8 Å². The van der Waals surface area contributed by atoms with E-state index in [2.05, 4.69) is 13.8 Å². The van der Waals surface area contributed by atoms with Crippen LogP contribution in [0.25, 0.3) is 0 Å². The van der Waals surface area contributed by atoms with Crippen LogP contribution in [0.3, 0.4) is 0 Å². The van der Waals surface area contributed by atoms with E-state index < -0.39 is 4.92 Å². The molecule has 0 heterocycles. The molecule has 130 valence electrons. The highest BCUT2D eigenvalue weighted by Crippen LogP contribution is 2.21. The van der Waals surface area contributed by atoms with Gasteiger partial charge in [0.1, 0.15) is 0 Å². The third-order valence-corrected chi connectivity index (χ3v) is 3.30. The van der Waals surface area contributed by atoms with Gasteiger partial charge in [-0.1, -0.05) is 46.2 Å². The summed E-state index contributed by atoms with van der Waals surface area (Å²) in [5.74, 6) is 0.0392. The molecule has 0 aliphatic heterocycles. The van der Waals surface area contributed by atoms with Gasteiger partial charge < -0.3 is 4.90 Å². The van der Waals surface area contributed by atoms with E-state index in [0.717, 1.165) is 31.5 Å². The molecule has 23 heavy (non-hydrogen) atoms. The Balaban J connectivity index is 0.00000149. The lowest BCUT2D eigenvalue weighted by Gasteiger charge is -2.21. The fourth-order valence-electron chi connectivity index (χ4n) is 2.23. The van der Waals surface area contributed by atoms with Crippen molar-refractivity contribution in [3.05, 3.63) is 39.4 Å². The smallest absolute Gasteiger partial charge is 0.272 e. The zero-order chi connectivity index (χ0) is 17.8. The van der Waals surface area contributed by atoms with Crippen LogP contribution in [0.2, 0.25) is 0 Å². The van der Waals surface area contributed by atoms with Crippen LogP contribution in [0.5, 0.6) is 0 Å². The Morgan fingerprint density at radius 3 is 2.09 bits per heavy atom. The third-order valence-electron chi connectivity index (χ3n) is 3.30. The largest absolute Gasteiger partial charge is 0.342 e. The van der Waals surface area contributed by atoms with E-state index >= 15 is 0 Å². The van der Waals surface area contributed by atoms with Gasteiger partial charge in [0.2, 0.25) is 5.91 Å². The molecular weight excluding hydrogens is 292 g/mol. The summed E-state index contributed by atoms with van der Waals surface area (Å²) in [6.07, 6.45) is 3.31. The number of nitrogens with zero attached hydrogens (tertiary/aromatic N) is 2. The molecule has 0 aliphatic rings. The predicted molar refractivity (Wildman–Crippen MR) is 94.7 cm³/mol. The van der Waals surface area contributed by atoms with Crippen LogP contribution in [0.4, 0.5) is 5.69 Å². The van der Waals surface area contributed by atoms with Crippen molar-refractivity contribution in [3.63, 3.8) is 0 Å². The first kappa shape index (κ1) is 21.1. The SMILES string of the molecule is CCC.CCCN(CCC)C(=O)Cc1cccc([N+](=O)[O-])c1C. The first-order chi connectivity index (χ1) is 10.9. The number of hydrogen-bond acceptors (Lipinski definition) is 3. The summed E-state index contributed by atoms with van der Waals surface area (Å²) < 4.78 is 0. The van der Waals surface area contributed by atoms with Gasteiger partial charge >= 0.3 is 0 Å². The van der Waals surface area contributed by atoms with Crippen molar-refractivity contribution in [2.24, 2.45) is 0 Å². The van der Waals surface area contributed by atoms with E-state index in [1.54, 1.807) is 19.1 Å². The lowest BCUT2D eigenvalue weighted by molar-refractivity contribution is -0.385. The van der Waals surface area contributed by atoms with Gasteiger partial charge in [0, 0.05) is 24.7 Å². The highest BCUT2D eigenvalue weighted by Gasteiger charge is 2.18. The van der Waals surface area contributed by atoms with E-state index in [1.165, 1.54) is 12.5 Å². The number of nitro benzene ring substituents is 1. The molecule has 0 aliphatic carbocycles. The van der Waals surface area contributed by atoms with Crippen molar-refractivity contribution >= 4 is 11.6 Å². The Kier molecular flexibility index (Phi) is 10.7. The van der Waals surface area contributed by atoms with E-state index in [9.17, 15) is 14.9 Å². The molecule has 0 saturated heterocycles. The molecule has 1 aromatic rings. The first-order valence-electron chi connectivity index (χ1n) is 8.43. The van der Waals surface area contributed by atoms with Gasteiger partial charge in [0.25, 0.3) is 5.69 Å². The predicted octanol–water partition coefficient (Wildman–Crippen LogP) is 4.51. The molecule has 0 N–H and O–H groups in total. The second-order valence-electron chi connectivity index (χ2n) is 5.58. The molecule has 0 bridgehead atoms. The zero-order valence-electron chi connectivity index (χ0n) is 15.1. The van der Waals surface area contributed by atoms with Crippen LogP contribution in [0, 0.1) is 17.0 Å². The summed E-state index contributed by atoms with van der Waals surface area (Å²) in [7, 11) is 0. The maximum atomic E-state index is 12.3.